The van der Waals surface area contributed by atoms with Crippen LogP contribution in [0.1, 0.15) is 12.6 Å². The van der Waals surface area contributed by atoms with Crippen molar-refractivity contribution >= 4 is 18.0 Å². The summed E-state index contributed by atoms with van der Waals surface area (Å²) >= 11 is 0. The average molecular weight is 427 g/mol. The van der Waals surface area contributed by atoms with E-state index in [2.05, 4.69) is 30.0 Å². The first-order valence-corrected chi connectivity index (χ1v) is 9.03. The Morgan fingerprint density at radius 1 is 1.23 bits per heavy atom. The SMILES string of the molecule is CC1COC(=O)N1.Nc1ncc(-c2ccnc(N3CCOCC3)n2)c(C(F)(F)F)n1. The van der Waals surface area contributed by atoms with E-state index in [9.17, 15) is 18.0 Å². The fourth-order valence-corrected chi connectivity index (χ4v) is 2.70. The summed E-state index contributed by atoms with van der Waals surface area (Å²) < 4.78 is 49.2. The van der Waals surface area contributed by atoms with E-state index in [1.807, 2.05) is 11.8 Å². The van der Waals surface area contributed by atoms with Crippen LogP contribution in [0, 0.1) is 0 Å². The first kappa shape index (κ1) is 21.5. The Morgan fingerprint density at radius 2 is 1.97 bits per heavy atom. The highest BCUT2D eigenvalue weighted by Gasteiger charge is 2.37. The molecule has 0 aromatic carbocycles. The van der Waals surface area contributed by atoms with Gasteiger partial charge >= 0.3 is 12.3 Å². The number of alkyl carbamates (subject to hydrolysis) is 1. The number of alkyl halides is 3. The molecule has 30 heavy (non-hydrogen) atoms. The van der Waals surface area contributed by atoms with Crippen molar-refractivity contribution in [1.82, 2.24) is 25.3 Å². The van der Waals surface area contributed by atoms with E-state index >= 15 is 0 Å². The molecule has 0 spiro atoms. The highest BCUT2D eigenvalue weighted by molar-refractivity contribution is 5.69. The summed E-state index contributed by atoms with van der Waals surface area (Å²) in [4.78, 5) is 27.2. The maximum Gasteiger partial charge on any atom is 0.434 e. The summed E-state index contributed by atoms with van der Waals surface area (Å²) in [6, 6.07) is 1.58. The van der Waals surface area contributed by atoms with Crippen molar-refractivity contribution in [1.29, 1.82) is 0 Å². The lowest BCUT2D eigenvalue weighted by molar-refractivity contribution is -0.140. The van der Waals surface area contributed by atoms with E-state index in [1.54, 1.807) is 0 Å². The average Bonchev–Trinajstić information content (AvgIpc) is 3.11. The second kappa shape index (κ2) is 9.07. The molecule has 2 saturated heterocycles. The molecule has 1 amide bonds. The van der Waals surface area contributed by atoms with Crippen molar-refractivity contribution in [3.05, 3.63) is 24.2 Å². The third-order valence-electron chi connectivity index (χ3n) is 4.12. The molecule has 2 aliphatic rings. The van der Waals surface area contributed by atoms with Crippen molar-refractivity contribution in [3.63, 3.8) is 0 Å². The molecule has 0 saturated carbocycles. The highest BCUT2D eigenvalue weighted by atomic mass is 19.4. The molecule has 162 valence electrons. The van der Waals surface area contributed by atoms with Crippen LogP contribution >= 0.6 is 0 Å². The zero-order valence-electron chi connectivity index (χ0n) is 16.0. The first-order chi connectivity index (χ1) is 14.2. The Balaban J connectivity index is 0.000000310. The fraction of sp³-hybridized carbons (Fsp3) is 0.471. The Hall–Kier alpha value is -3.22. The first-order valence-electron chi connectivity index (χ1n) is 9.03. The Kier molecular flexibility index (Phi) is 6.50. The number of nitrogen functional groups attached to an aromatic ring is 1. The van der Waals surface area contributed by atoms with Crippen molar-refractivity contribution in [3.8, 4) is 11.3 Å². The molecule has 13 heteroatoms. The zero-order chi connectivity index (χ0) is 21.7. The quantitative estimate of drug-likeness (QED) is 0.732. The molecule has 2 aromatic rings. The summed E-state index contributed by atoms with van der Waals surface area (Å²) in [5.41, 5.74) is 4.02. The maximum absolute atomic E-state index is 13.2. The van der Waals surface area contributed by atoms with Gasteiger partial charge in [0.25, 0.3) is 0 Å². The lowest BCUT2D eigenvalue weighted by Crippen LogP contribution is -2.37. The second-order valence-electron chi connectivity index (χ2n) is 6.47. The number of nitrogens with one attached hydrogen (secondary N) is 1. The minimum absolute atomic E-state index is 0.0915. The smallest absolute Gasteiger partial charge is 0.434 e. The van der Waals surface area contributed by atoms with Crippen LogP contribution in [-0.4, -0.2) is 65.0 Å². The number of amides is 1. The van der Waals surface area contributed by atoms with Crippen LogP contribution in [-0.2, 0) is 15.7 Å². The van der Waals surface area contributed by atoms with Crippen LogP contribution in [0.2, 0.25) is 0 Å². The van der Waals surface area contributed by atoms with E-state index in [0.29, 0.717) is 38.9 Å². The Bertz CT molecular complexity index is 891. The third-order valence-corrected chi connectivity index (χ3v) is 4.12. The molecule has 1 atom stereocenters. The zero-order valence-corrected chi connectivity index (χ0v) is 16.0. The van der Waals surface area contributed by atoms with Gasteiger partial charge in [-0.15, -0.1) is 0 Å². The number of hydrogen-bond donors (Lipinski definition) is 2. The number of cyclic esters (lactones) is 1. The van der Waals surface area contributed by atoms with E-state index in [1.165, 1.54) is 12.3 Å². The van der Waals surface area contributed by atoms with Gasteiger partial charge < -0.3 is 25.4 Å². The summed E-state index contributed by atoms with van der Waals surface area (Å²) in [5.74, 6) is -0.0979. The number of aromatic nitrogens is 4. The van der Waals surface area contributed by atoms with Crippen LogP contribution in [0.15, 0.2) is 18.5 Å². The van der Waals surface area contributed by atoms with Crippen LogP contribution < -0.4 is 16.0 Å². The van der Waals surface area contributed by atoms with Gasteiger partial charge in [-0.2, -0.15) is 13.2 Å². The highest BCUT2D eigenvalue weighted by Crippen LogP contribution is 2.35. The van der Waals surface area contributed by atoms with Crippen LogP contribution in [0.5, 0.6) is 0 Å². The van der Waals surface area contributed by atoms with Gasteiger partial charge in [-0.05, 0) is 13.0 Å². The minimum Gasteiger partial charge on any atom is -0.447 e. The molecular weight excluding hydrogens is 407 g/mol. The van der Waals surface area contributed by atoms with E-state index in [4.69, 9.17) is 10.5 Å². The topological polar surface area (TPSA) is 128 Å². The van der Waals surface area contributed by atoms with Crippen LogP contribution in [0.3, 0.4) is 0 Å². The molecule has 1 unspecified atom stereocenters. The predicted molar refractivity (Wildman–Crippen MR) is 99.5 cm³/mol. The monoisotopic (exact) mass is 427 g/mol. The summed E-state index contributed by atoms with van der Waals surface area (Å²) in [7, 11) is 0. The number of carbonyl (C=O) groups excluding carboxylic acids is 1. The number of hydrogen-bond acceptors (Lipinski definition) is 9. The molecule has 0 aliphatic carbocycles. The van der Waals surface area contributed by atoms with Crippen molar-refractivity contribution in [2.24, 2.45) is 0 Å². The third kappa shape index (κ3) is 5.43. The number of nitrogens with two attached hydrogens (primary N) is 1. The Labute approximate surface area is 169 Å². The number of anilines is 2. The number of morpholine rings is 1. The molecule has 0 bridgehead atoms. The summed E-state index contributed by atoms with van der Waals surface area (Å²) in [6.45, 7) is 4.60. The molecular formula is C17H20F3N7O3. The van der Waals surface area contributed by atoms with Gasteiger partial charge in [0.2, 0.25) is 11.9 Å². The number of halogens is 3. The maximum atomic E-state index is 13.2. The standard InChI is InChI=1S/C13H13F3N6O.C4H7NO2/c14-13(15,16)10-8(7-19-11(17)21-10)9-1-2-18-12(20-9)22-3-5-23-6-4-22;1-3-2-7-4(6)5-3/h1-2,7H,3-6H2,(H2,17,19,21);3H,2H2,1H3,(H,5,6). The van der Waals surface area contributed by atoms with E-state index < -0.39 is 17.8 Å². The minimum atomic E-state index is -4.66. The molecule has 2 aliphatic heterocycles. The number of ether oxygens (including phenoxy) is 2. The lowest BCUT2D eigenvalue weighted by atomic mass is 10.1. The van der Waals surface area contributed by atoms with E-state index in [0.717, 1.165) is 6.20 Å². The number of nitrogens with zero attached hydrogens (tertiary/aromatic N) is 5. The molecule has 2 fully saturated rings. The Morgan fingerprint density at radius 3 is 2.53 bits per heavy atom. The van der Waals surface area contributed by atoms with Gasteiger partial charge in [0, 0.05) is 31.0 Å². The van der Waals surface area contributed by atoms with Gasteiger partial charge in [0.05, 0.1) is 24.9 Å². The van der Waals surface area contributed by atoms with Gasteiger partial charge in [-0.25, -0.2) is 24.7 Å². The fourth-order valence-electron chi connectivity index (χ4n) is 2.70. The second-order valence-corrected chi connectivity index (χ2v) is 6.47. The molecule has 0 radical (unpaired) electrons. The van der Waals surface area contributed by atoms with Gasteiger partial charge in [0.15, 0.2) is 5.69 Å². The van der Waals surface area contributed by atoms with Gasteiger partial charge in [0.1, 0.15) is 6.61 Å². The molecule has 4 heterocycles. The van der Waals surface area contributed by atoms with Crippen molar-refractivity contribution in [2.75, 3.05) is 43.5 Å². The van der Waals surface area contributed by atoms with Crippen LogP contribution in [0.4, 0.5) is 29.9 Å². The van der Waals surface area contributed by atoms with Crippen molar-refractivity contribution in [2.45, 2.75) is 19.1 Å². The summed E-state index contributed by atoms with van der Waals surface area (Å²) in [5, 5.41) is 2.56. The molecule has 4 rings (SSSR count). The predicted octanol–water partition coefficient (Wildman–Crippen LogP) is 1.49. The van der Waals surface area contributed by atoms with Gasteiger partial charge in [-0.1, -0.05) is 0 Å². The number of carbonyl (C=O) groups is 1. The lowest BCUT2D eigenvalue weighted by Gasteiger charge is -2.26. The van der Waals surface area contributed by atoms with E-state index in [-0.39, 0.29) is 23.4 Å². The molecule has 10 nitrogen and oxygen atoms in total. The van der Waals surface area contributed by atoms with Gasteiger partial charge in [-0.3, -0.25) is 0 Å². The normalized spacial score (nSPS) is 18.9. The molecule has 3 N–H and O–H groups in total. The number of rotatable bonds is 2. The van der Waals surface area contributed by atoms with Crippen LogP contribution in [0.25, 0.3) is 11.3 Å². The largest absolute Gasteiger partial charge is 0.447 e. The summed E-state index contributed by atoms with van der Waals surface area (Å²) in [6.07, 6.45) is -2.52. The van der Waals surface area contributed by atoms with Crippen molar-refractivity contribution < 1.29 is 27.4 Å². The molecule has 2 aromatic heterocycles.